The molecule has 0 rings (SSSR count). The van der Waals surface area contributed by atoms with Gasteiger partial charge in [-0.2, -0.15) is 0 Å². The quantitative estimate of drug-likeness (QED) is 0.471. The first-order valence-electron chi connectivity index (χ1n) is 6.36. The first-order chi connectivity index (χ1) is 7.85. The molecule has 0 spiro atoms. The van der Waals surface area contributed by atoms with Gasteiger partial charge in [-0.1, -0.05) is 13.8 Å². The number of hydrogen-bond acceptors (Lipinski definition) is 4. The number of hydrogen-bond donors (Lipinski definition) is 0. The lowest BCUT2D eigenvalue weighted by Crippen LogP contribution is -2.35. The highest BCUT2D eigenvalue weighted by molar-refractivity contribution is 7.60. The molecule has 0 aromatic carbocycles. The summed E-state index contributed by atoms with van der Waals surface area (Å²) in [6.07, 6.45) is 0.470. The topological polar surface area (TPSA) is 44.8 Å². The van der Waals surface area contributed by atoms with Crippen LogP contribution in [0.2, 0.25) is 0 Å². The minimum atomic E-state index is -2.97. The second-order valence-corrected chi connectivity index (χ2v) is 7.21. The van der Waals surface area contributed by atoms with E-state index in [9.17, 15) is 4.57 Å². The third-order valence-corrected chi connectivity index (χ3v) is 5.77. The van der Waals surface area contributed by atoms with E-state index in [0.717, 1.165) is 0 Å². The van der Waals surface area contributed by atoms with Gasteiger partial charge >= 0.3 is 0 Å². The van der Waals surface area contributed by atoms with E-state index in [1.807, 2.05) is 34.6 Å². The van der Waals surface area contributed by atoms with Crippen LogP contribution in [0.25, 0.3) is 0 Å². The summed E-state index contributed by atoms with van der Waals surface area (Å²) in [6.45, 7) is 12.6. The summed E-state index contributed by atoms with van der Waals surface area (Å²) < 4.78 is 29.6. The maximum absolute atomic E-state index is 13.0. The zero-order valence-electron chi connectivity index (χ0n) is 12.0. The van der Waals surface area contributed by atoms with Crippen LogP contribution >= 0.6 is 7.37 Å². The van der Waals surface area contributed by atoms with Crippen LogP contribution in [-0.2, 0) is 18.6 Å². The molecule has 0 bridgehead atoms. The SMILES string of the molecule is CCOC(C)(OCC)P(=O)(CC(C)C)OCC. The van der Waals surface area contributed by atoms with Gasteiger partial charge in [-0.25, -0.2) is 0 Å². The molecule has 0 aliphatic heterocycles. The van der Waals surface area contributed by atoms with Crippen LogP contribution in [0.5, 0.6) is 0 Å². The van der Waals surface area contributed by atoms with E-state index in [0.29, 0.717) is 26.0 Å². The van der Waals surface area contributed by atoms with Gasteiger partial charge in [0.2, 0.25) is 5.53 Å². The Kier molecular flexibility index (Phi) is 7.57. The summed E-state index contributed by atoms with van der Waals surface area (Å²) in [6, 6.07) is 0. The third-order valence-electron chi connectivity index (χ3n) is 2.39. The van der Waals surface area contributed by atoms with Crippen LogP contribution in [0.15, 0.2) is 0 Å². The van der Waals surface area contributed by atoms with Crippen molar-refractivity contribution in [3.8, 4) is 0 Å². The predicted molar refractivity (Wildman–Crippen MR) is 70.6 cm³/mol. The van der Waals surface area contributed by atoms with Crippen molar-refractivity contribution in [2.75, 3.05) is 26.0 Å². The molecule has 5 heteroatoms. The summed E-state index contributed by atoms with van der Waals surface area (Å²) in [5.74, 6) is 0.271. The Morgan fingerprint density at radius 2 is 1.53 bits per heavy atom. The molecule has 1 atom stereocenters. The molecule has 0 aromatic heterocycles. The summed E-state index contributed by atoms with van der Waals surface area (Å²) in [4.78, 5) is 0. The molecule has 1 unspecified atom stereocenters. The van der Waals surface area contributed by atoms with Crippen LogP contribution in [0, 0.1) is 5.92 Å². The zero-order valence-corrected chi connectivity index (χ0v) is 12.9. The average molecular weight is 266 g/mol. The monoisotopic (exact) mass is 266 g/mol. The van der Waals surface area contributed by atoms with Gasteiger partial charge in [-0.15, -0.1) is 0 Å². The molecular weight excluding hydrogens is 239 g/mol. The third kappa shape index (κ3) is 4.70. The lowest BCUT2D eigenvalue weighted by Gasteiger charge is -2.36. The molecular formula is C12H27O4P. The Morgan fingerprint density at radius 1 is 1.06 bits per heavy atom. The summed E-state index contributed by atoms with van der Waals surface area (Å²) in [7, 11) is -2.97. The molecule has 4 nitrogen and oxygen atoms in total. The summed E-state index contributed by atoms with van der Waals surface area (Å²) in [5, 5.41) is 0. The zero-order chi connectivity index (χ0) is 13.5. The van der Waals surface area contributed by atoms with Crippen molar-refractivity contribution in [3.05, 3.63) is 0 Å². The fourth-order valence-corrected chi connectivity index (χ4v) is 4.50. The van der Waals surface area contributed by atoms with Crippen molar-refractivity contribution >= 4 is 7.37 Å². The highest BCUT2D eigenvalue weighted by Crippen LogP contribution is 2.61. The highest BCUT2D eigenvalue weighted by Gasteiger charge is 2.47. The van der Waals surface area contributed by atoms with Gasteiger partial charge in [0.15, 0.2) is 0 Å². The molecule has 0 fully saturated rings. The Labute approximate surface area is 105 Å². The average Bonchev–Trinajstić information content (AvgIpc) is 2.17. The first kappa shape index (κ1) is 17.1. The van der Waals surface area contributed by atoms with Crippen molar-refractivity contribution < 1.29 is 18.6 Å². The molecule has 0 aliphatic carbocycles. The maximum Gasteiger partial charge on any atom is 0.260 e. The molecule has 0 saturated carbocycles. The van der Waals surface area contributed by atoms with Crippen LogP contribution < -0.4 is 0 Å². The number of ether oxygens (including phenoxy) is 2. The van der Waals surface area contributed by atoms with Gasteiger partial charge in [0, 0.05) is 19.4 Å². The molecule has 0 amide bonds. The van der Waals surface area contributed by atoms with Crippen molar-refractivity contribution in [2.45, 2.75) is 47.1 Å². The van der Waals surface area contributed by atoms with Gasteiger partial charge in [0.25, 0.3) is 7.37 Å². The van der Waals surface area contributed by atoms with Crippen molar-refractivity contribution in [1.29, 1.82) is 0 Å². The van der Waals surface area contributed by atoms with Crippen LogP contribution in [0.1, 0.15) is 41.5 Å². The molecule has 104 valence electrons. The van der Waals surface area contributed by atoms with Gasteiger partial charge in [-0.05, 0) is 33.6 Å². The molecule has 0 radical (unpaired) electrons. The Morgan fingerprint density at radius 3 is 1.82 bits per heavy atom. The van der Waals surface area contributed by atoms with E-state index in [-0.39, 0.29) is 5.92 Å². The van der Waals surface area contributed by atoms with Crippen LogP contribution in [0.4, 0.5) is 0 Å². The van der Waals surface area contributed by atoms with E-state index in [2.05, 4.69) is 0 Å². The standard InChI is InChI=1S/C12H27O4P/c1-7-14-12(6,15-8-2)17(13,16-9-3)10-11(4)5/h11H,7-10H2,1-6H3. The van der Waals surface area contributed by atoms with E-state index < -0.39 is 12.9 Å². The van der Waals surface area contributed by atoms with E-state index >= 15 is 0 Å². The summed E-state index contributed by atoms with van der Waals surface area (Å²) in [5.41, 5.74) is -1.13. The highest BCUT2D eigenvalue weighted by atomic mass is 31.2. The lowest BCUT2D eigenvalue weighted by atomic mass is 10.3. The molecule has 0 aliphatic rings. The van der Waals surface area contributed by atoms with Crippen LogP contribution in [-0.4, -0.2) is 31.5 Å². The fraction of sp³-hybridized carbons (Fsp3) is 1.00. The van der Waals surface area contributed by atoms with Gasteiger partial charge in [-0.3, -0.25) is 4.57 Å². The number of rotatable bonds is 9. The van der Waals surface area contributed by atoms with Crippen molar-refractivity contribution in [3.63, 3.8) is 0 Å². The molecule has 17 heavy (non-hydrogen) atoms. The fourth-order valence-electron chi connectivity index (χ4n) is 1.80. The van der Waals surface area contributed by atoms with E-state index in [4.69, 9.17) is 14.0 Å². The molecule has 0 N–H and O–H groups in total. The largest absolute Gasteiger partial charge is 0.342 e. The van der Waals surface area contributed by atoms with E-state index in [1.54, 1.807) is 6.92 Å². The predicted octanol–water partition coefficient (Wildman–Crippen LogP) is 3.70. The Balaban J connectivity index is 5.13. The Hall–Kier alpha value is 0.110. The van der Waals surface area contributed by atoms with Crippen molar-refractivity contribution in [1.82, 2.24) is 0 Å². The minimum Gasteiger partial charge on any atom is -0.342 e. The van der Waals surface area contributed by atoms with E-state index in [1.165, 1.54) is 0 Å². The van der Waals surface area contributed by atoms with Gasteiger partial charge in [0.1, 0.15) is 0 Å². The molecule has 0 saturated heterocycles. The molecule has 0 aromatic rings. The summed E-state index contributed by atoms with van der Waals surface area (Å²) >= 11 is 0. The maximum atomic E-state index is 13.0. The first-order valence-corrected chi connectivity index (χ1v) is 8.17. The smallest absolute Gasteiger partial charge is 0.260 e. The second kappa shape index (κ2) is 7.52. The Bertz CT molecular complexity index is 247. The second-order valence-electron chi connectivity index (χ2n) is 4.43. The van der Waals surface area contributed by atoms with Crippen LogP contribution in [0.3, 0.4) is 0 Å². The molecule has 0 heterocycles. The minimum absolute atomic E-state index is 0.271. The van der Waals surface area contributed by atoms with Crippen molar-refractivity contribution in [2.24, 2.45) is 5.92 Å². The normalized spacial score (nSPS) is 16.2. The lowest BCUT2D eigenvalue weighted by molar-refractivity contribution is -0.168. The van der Waals surface area contributed by atoms with Gasteiger partial charge < -0.3 is 14.0 Å². The van der Waals surface area contributed by atoms with Gasteiger partial charge in [0.05, 0.1) is 6.61 Å².